The first-order valence-electron chi connectivity index (χ1n) is 8.22. The molecule has 0 saturated carbocycles. The van der Waals surface area contributed by atoms with Crippen molar-refractivity contribution < 1.29 is 5.11 Å². The maximum Gasteiger partial charge on any atom is 0.158 e. The van der Waals surface area contributed by atoms with Crippen LogP contribution in [0.3, 0.4) is 0 Å². The monoisotopic (exact) mass is 353 g/mol. The van der Waals surface area contributed by atoms with E-state index in [0.29, 0.717) is 0 Å². The molecule has 0 aliphatic rings. The number of aliphatic hydroxyl groups excluding tert-OH is 1. The lowest BCUT2D eigenvalue weighted by Crippen LogP contribution is -2.00. The highest BCUT2D eigenvalue weighted by Crippen LogP contribution is 2.34. The van der Waals surface area contributed by atoms with Gasteiger partial charge in [0, 0.05) is 42.2 Å². The fourth-order valence-electron chi connectivity index (χ4n) is 2.96. The number of nitrogens with zero attached hydrogens (tertiary/aromatic N) is 5. The van der Waals surface area contributed by atoms with Gasteiger partial charge in [-0.25, -0.2) is 14.5 Å². The van der Waals surface area contributed by atoms with Crippen molar-refractivity contribution >= 4 is 17.0 Å². The lowest BCUT2D eigenvalue weighted by Gasteiger charge is -2.05. The van der Waals surface area contributed by atoms with Crippen LogP contribution in [0.25, 0.3) is 26.8 Å². The van der Waals surface area contributed by atoms with Crippen molar-refractivity contribution in [3.8, 4) is 21.1 Å². The van der Waals surface area contributed by atoms with Crippen molar-refractivity contribution in [2.24, 2.45) is 0 Å². The smallest absolute Gasteiger partial charge is 0.158 e. The Bertz CT molecular complexity index is 1030. The minimum Gasteiger partial charge on any atom is -0.396 e. The minimum absolute atomic E-state index is 0.184. The first kappa shape index (κ1) is 16.0. The number of thiophene rings is 1. The second-order valence-corrected chi connectivity index (χ2v) is 7.11. The van der Waals surface area contributed by atoms with Crippen LogP contribution in [0.1, 0.15) is 17.8 Å². The number of hydrogen-bond acceptors (Lipinski definition) is 5. The molecule has 7 heteroatoms. The summed E-state index contributed by atoms with van der Waals surface area (Å²) < 4.78 is 3.93. The highest BCUT2D eigenvalue weighted by molar-refractivity contribution is 7.18. The van der Waals surface area contributed by atoms with E-state index in [2.05, 4.69) is 44.8 Å². The number of fused-ring (bicyclic) bond motifs is 1. The lowest BCUT2D eigenvalue weighted by molar-refractivity contribution is 0.280. The summed E-state index contributed by atoms with van der Waals surface area (Å²) in [7, 11) is 0. The molecule has 0 aliphatic heterocycles. The zero-order valence-corrected chi connectivity index (χ0v) is 15.0. The molecular weight excluding hydrogens is 334 g/mol. The van der Waals surface area contributed by atoms with Gasteiger partial charge < -0.3 is 9.67 Å². The van der Waals surface area contributed by atoms with Crippen molar-refractivity contribution in [1.82, 2.24) is 24.1 Å². The van der Waals surface area contributed by atoms with Crippen molar-refractivity contribution in [3.05, 3.63) is 48.2 Å². The van der Waals surface area contributed by atoms with E-state index in [0.717, 1.165) is 46.3 Å². The van der Waals surface area contributed by atoms with Crippen LogP contribution >= 0.6 is 11.3 Å². The zero-order chi connectivity index (χ0) is 17.4. The molecule has 0 spiro atoms. The van der Waals surface area contributed by atoms with Crippen LogP contribution in [0.5, 0.6) is 0 Å². The van der Waals surface area contributed by atoms with Gasteiger partial charge in [-0.1, -0.05) is 0 Å². The summed E-state index contributed by atoms with van der Waals surface area (Å²) >= 11 is 1.71. The molecule has 25 heavy (non-hydrogen) atoms. The number of aryl methyl sites for hydroxylation is 3. The van der Waals surface area contributed by atoms with E-state index in [1.54, 1.807) is 17.5 Å². The average molecular weight is 353 g/mol. The maximum atomic E-state index is 9.05. The van der Waals surface area contributed by atoms with E-state index in [-0.39, 0.29) is 6.61 Å². The van der Waals surface area contributed by atoms with Gasteiger partial charge in [-0.3, -0.25) is 0 Å². The highest BCUT2D eigenvalue weighted by atomic mass is 32.1. The van der Waals surface area contributed by atoms with Crippen LogP contribution in [-0.4, -0.2) is 35.9 Å². The normalized spacial score (nSPS) is 11.5. The summed E-state index contributed by atoms with van der Waals surface area (Å²) in [6.07, 6.45) is 6.51. The summed E-state index contributed by atoms with van der Waals surface area (Å²) in [5.41, 5.74) is 3.13. The van der Waals surface area contributed by atoms with Gasteiger partial charge in [0.05, 0.1) is 4.88 Å². The molecule has 0 amide bonds. The second-order valence-electron chi connectivity index (χ2n) is 6.02. The van der Waals surface area contributed by atoms with Gasteiger partial charge in [0.15, 0.2) is 5.65 Å². The predicted molar refractivity (Wildman–Crippen MR) is 98.7 cm³/mol. The number of pyridine rings is 1. The van der Waals surface area contributed by atoms with Crippen molar-refractivity contribution in [3.63, 3.8) is 0 Å². The molecule has 0 aromatic carbocycles. The van der Waals surface area contributed by atoms with Crippen LogP contribution in [0, 0.1) is 13.8 Å². The van der Waals surface area contributed by atoms with Crippen LogP contribution in [0.2, 0.25) is 0 Å². The minimum atomic E-state index is 0.184. The summed E-state index contributed by atoms with van der Waals surface area (Å²) in [5, 5.41) is 13.5. The van der Waals surface area contributed by atoms with Crippen molar-refractivity contribution in [1.29, 1.82) is 0 Å². The Morgan fingerprint density at radius 2 is 2.04 bits per heavy atom. The molecule has 1 N–H and O–H groups in total. The van der Waals surface area contributed by atoms with E-state index >= 15 is 0 Å². The Hall–Kier alpha value is -2.51. The van der Waals surface area contributed by atoms with E-state index in [4.69, 9.17) is 5.11 Å². The molecule has 0 bridgehead atoms. The lowest BCUT2D eigenvalue weighted by atomic mass is 10.2. The van der Waals surface area contributed by atoms with Crippen LogP contribution in [0.4, 0.5) is 0 Å². The largest absolute Gasteiger partial charge is 0.396 e. The molecule has 0 saturated heterocycles. The Kier molecular flexibility index (Phi) is 4.10. The van der Waals surface area contributed by atoms with Crippen molar-refractivity contribution in [2.75, 3.05) is 6.61 Å². The fraction of sp³-hybridized carbons (Fsp3) is 0.278. The highest BCUT2D eigenvalue weighted by Gasteiger charge is 2.12. The summed E-state index contributed by atoms with van der Waals surface area (Å²) in [4.78, 5) is 11.2. The molecule has 6 nitrogen and oxygen atoms in total. The van der Waals surface area contributed by atoms with Crippen LogP contribution < -0.4 is 0 Å². The van der Waals surface area contributed by atoms with Gasteiger partial charge in [0.1, 0.15) is 11.6 Å². The first-order valence-corrected chi connectivity index (χ1v) is 9.03. The second kappa shape index (κ2) is 6.42. The van der Waals surface area contributed by atoms with Gasteiger partial charge in [-0.05, 0) is 44.0 Å². The predicted octanol–water partition coefficient (Wildman–Crippen LogP) is 3.32. The first-order chi connectivity index (χ1) is 12.2. The maximum absolute atomic E-state index is 9.05. The van der Waals surface area contributed by atoms with E-state index < -0.39 is 0 Å². The number of aliphatic hydroxyl groups is 1. The number of imidazole rings is 1. The third-order valence-corrected chi connectivity index (χ3v) is 5.24. The number of hydrogen-bond donors (Lipinski definition) is 1. The van der Waals surface area contributed by atoms with E-state index in [9.17, 15) is 0 Å². The third kappa shape index (κ3) is 2.96. The van der Waals surface area contributed by atoms with Gasteiger partial charge in [0.2, 0.25) is 0 Å². The Morgan fingerprint density at radius 3 is 2.88 bits per heavy atom. The fourth-order valence-corrected chi connectivity index (χ4v) is 3.96. The van der Waals surface area contributed by atoms with Crippen LogP contribution in [0.15, 0.2) is 36.8 Å². The molecule has 0 atom stereocenters. The summed E-state index contributed by atoms with van der Waals surface area (Å²) in [6, 6.07) is 6.37. The Morgan fingerprint density at radius 1 is 1.20 bits per heavy atom. The average Bonchev–Trinajstić information content (AvgIpc) is 3.30. The summed E-state index contributed by atoms with van der Waals surface area (Å²) in [6.45, 7) is 4.91. The Balaban J connectivity index is 1.71. The standard InChI is InChI=1S/C18H19N5OS/c1-12-10-14(11-23-17(12)20-13(2)21-23)15-4-5-16(25-15)18-19-6-8-22(18)7-3-9-24/h4-6,8,10-11,24H,3,7,9H2,1-2H3. The molecule has 0 aliphatic carbocycles. The van der Waals surface area contributed by atoms with Gasteiger partial charge in [-0.2, -0.15) is 5.10 Å². The molecule has 4 aromatic heterocycles. The molecule has 0 fully saturated rings. The molecule has 4 rings (SSSR count). The van der Waals surface area contributed by atoms with Crippen molar-refractivity contribution in [2.45, 2.75) is 26.8 Å². The van der Waals surface area contributed by atoms with E-state index in [1.165, 1.54) is 4.88 Å². The number of rotatable bonds is 5. The number of aromatic nitrogens is 5. The quantitative estimate of drug-likeness (QED) is 0.598. The molecule has 0 radical (unpaired) electrons. The van der Waals surface area contributed by atoms with Gasteiger partial charge >= 0.3 is 0 Å². The molecule has 0 unspecified atom stereocenters. The molecule has 4 aromatic rings. The van der Waals surface area contributed by atoms with E-state index in [1.807, 2.05) is 23.8 Å². The molecular formula is C18H19N5OS. The third-order valence-electron chi connectivity index (χ3n) is 4.11. The molecule has 4 heterocycles. The molecule has 128 valence electrons. The van der Waals surface area contributed by atoms with Gasteiger partial charge in [0.25, 0.3) is 0 Å². The Labute approximate surface area is 149 Å². The summed E-state index contributed by atoms with van der Waals surface area (Å²) in [5.74, 6) is 1.72. The SMILES string of the molecule is Cc1nc2c(C)cc(-c3ccc(-c4nccn4CCCO)s3)cn2n1. The zero-order valence-electron chi connectivity index (χ0n) is 14.2. The van der Waals surface area contributed by atoms with Gasteiger partial charge in [-0.15, -0.1) is 11.3 Å². The van der Waals surface area contributed by atoms with Crippen LogP contribution in [-0.2, 0) is 6.54 Å². The topological polar surface area (TPSA) is 68.2 Å².